The average molecular weight is 316 g/mol. The van der Waals surface area contributed by atoms with E-state index < -0.39 is 0 Å². The summed E-state index contributed by atoms with van der Waals surface area (Å²) in [6.45, 7) is 3.68. The normalized spacial score (nSPS) is 13.1. The number of aromatic nitrogens is 2. The maximum atomic E-state index is 12.5. The molecule has 23 heavy (non-hydrogen) atoms. The van der Waals surface area contributed by atoms with Crippen LogP contribution >= 0.6 is 0 Å². The van der Waals surface area contributed by atoms with Gasteiger partial charge >= 0.3 is 6.03 Å². The molecule has 0 spiro atoms. The Hall–Kier alpha value is -2.24. The highest BCUT2D eigenvalue weighted by molar-refractivity contribution is 5.74. The predicted octanol–water partition coefficient (Wildman–Crippen LogP) is 2.62. The number of carbonyl (C=O) groups excluding carboxylic acids is 1. The van der Waals surface area contributed by atoms with E-state index in [-0.39, 0.29) is 6.03 Å². The first kappa shape index (κ1) is 15.6. The van der Waals surface area contributed by atoms with Crippen LogP contribution in [0.25, 0.3) is 0 Å². The van der Waals surface area contributed by atoms with Crippen molar-refractivity contribution in [2.75, 3.05) is 6.54 Å². The van der Waals surface area contributed by atoms with Gasteiger partial charge in [0.2, 0.25) is 0 Å². The second kappa shape index (κ2) is 6.89. The van der Waals surface area contributed by atoms with Crippen LogP contribution in [0.4, 0.5) is 4.79 Å². The molecule has 0 saturated carbocycles. The number of amides is 2. The maximum absolute atomic E-state index is 12.5. The first-order valence-corrected chi connectivity index (χ1v) is 8.27. The highest BCUT2D eigenvalue weighted by atomic mass is 16.3. The van der Waals surface area contributed by atoms with Gasteiger partial charge in [0.1, 0.15) is 5.76 Å². The van der Waals surface area contributed by atoms with E-state index in [0.717, 1.165) is 30.7 Å². The van der Waals surface area contributed by atoms with Gasteiger partial charge in [-0.1, -0.05) is 6.92 Å². The number of hydrogen-bond donors (Lipinski definition) is 1. The van der Waals surface area contributed by atoms with Gasteiger partial charge < -0.3 is 14.6 Å². The fourth-order valence-corrected chi connectivity index (χ4v) is 3.14. The van der Waals surface area contributed by atoms with E-state index in [0.29, 0.717) is 19.6 Å². The molecule has 124 valence electrons. The van der Waals surface area contributed by atoms with E-state index in [4.69, 9.17) is 4.42 Å². The molecule has 2 heterocycles. The lowest BCUT2D eigenvalue weighted by Gasteiger charge is -2.21. The van der Waals surface area contributed by atoms with Crippen molar-refractivity contribution in [2.45, 2.75) is 45.7 Å². The van der Waals surface area contributed by atoms with E-state index in [1.807, 2.05) is 30.8 Å². The minimum atomic E-state index is -0.0688. The number of hydrogen-bond acceptors (Lipinski definition) is 3. The van der Waals surface area contributed by atoms with Gasteiger partial charge in [0, 0.05) is 19.3 Å². The summed E-state index contributed by atoms with van der Waals surface area (Å²) in [5, 5.41) is 7.58. The van der Waals surface area contributed by atoms with Crippen molar-refractivity contribution >= 4 is 6.03 Å². The summed E-state index contributed by atoms with van der Waals surface area (Å²) in [5.74, 6) is 0.782. The topological polar surface area (TPSA) is 63.3 Å². The summed E-state index contributed by atoms with van der Waals surface area (Å²) in [5.41, 5.74) is 3.64. The first-order chi connectivity index (χ1) is 11.2. The first-order valence-electron chi connectivity index (χ1n) is 8.27. The van der Waals surface area contributed by atoms with Crippen LogP contribution in [0.3, 0.4) is 0 Å². The van der Waals surface area contributed by atoms with Gasteiger partial charge in [0.05, 0.1) is 25.0 Å². The highest BCUT2D eigenvalue weighted by Gasteiger charge is 2.24. The third-order valence-corrected chi connectivity index (χ3v) is 4.28. The van der Waals surface area contributed by atoms with Gasteiger partial charge in [0.25, 0.3) is 0 Å². The van der Waals surface area contributed by atoms with Crippen LogP contribution in [-0.2, 0) is 33.0 Å². The fraction of sp³-hybridized carbons (Fsp3) is 0.529. The number of aryl methyl sites for hydroxylation is 1. The SMILES string of the molecule is CCCNC(=O)N(Cc1ccco1)Cc1nn(C)c2c1CCC2. The summed E-state index contributed by atoms with van der Waals surface area (Å²) in [6.07, 6.45) is 5.87. The lowest BCUT2D eigenvalue weighted by atomic mass is 10.2. The Balaban J connectivity index is 1.77. The van der Waals surface area contributed by atoms with Crippen molar-refractivity contribution in [1.82, 2.24) is 20.0 Å². The molecule has 2 aromatic rings. The van der Waals surface area contributed by atoms with Crippen LogP contribution in [0.5, 0.6) is 0 Å². The van der Waals surface area contributed by atoms with Crippen molar-refractivity contribution < 1.29 is 9.21 Å². The van der Waals surface area contributed by atoms with Crippen LogP contribution in [0.1, 0.15) is 42.5 Å². The maximum Gasteiger partial charge on any atom is 0.318 e. The van der Waals surface area contributed by atoms with Crippen molar-refractivity contribution in [2.24, 2.45) is 7.05 Å². The largest absolute Gasteiger partial charge is 0.467 e. The monoisotopic (exact) mass is 316 g/mol. The standard InChI is InChI=1S/C17H24N4O2/c1-3-9-18-17(22)21(11-13-6-5-10-23-13)12-15-14-7-4-8-16(14)20(2)19-15/h5-6,10H,3-4,7-9,11-12H2,1-2H3,(H,18,22). The summed E-state index contributed by atoms with van der Waals surface area (Å²) >= 11 is 0. The molecule has 0 aromatic carbocycles. The molecule has 0 bridgehead atoms. The molecule has 3 rings (SSSR count). The van der Waals surface area contributed by atoms with Crippen LogP contribution in [0, 0.1) is 0 Å². The fourth-order valence-electron chi connectivity index (χ4n) is 3.14. The smallest absolute Gasteiger partial charge is 0.318 e. The van der Waals surface area contributed by atoms with Crippen LogP contribution in [-0.4, -0.2) is 27.3 Å². The lowest BCUT2D eigenvalue weighted by Crippen LogP contribution is -2.39. The number of carbonyl (C=O) groups is 1. The summed E-state index contributed by atoms with van der Waals surface area (Å²) < 4.78 is 7.37. The second-order valence-electron chi connectivity index (χ2n) is 6.02. The third kappa shape index (κ3) is 3.41. The quantitative estimate of drug-likeness (QED) is 0.891. The van der Waals surface area contributed by atoms with Gasteiger partial charge in [0.15, 0.2) is 0 Å². The minimum absolute atomic E-state index is 0.0688. The third-order valence-electron chi connectivity index (χ3n) is 4.28. The summed E-state index contributed by atoms with van der Waals surface area (Å²) in [6, 6.07) is 3.67. The molecule has 6 nitrogen and oxygen atoms in total. The second-order valence-corrected chi connectivity index (χ2v) is 6.02. The van der Waals surface area contributed by atoms with Gasteiger partial charge in [-0.2, -0.15) is 5.10 Å². The Morgan fingerprint density at radius 2 is 2.30 bits per heavy atom. The molecule has 2 amide bonds. The summed E-state index contributed by atoms with van der Waals surface area (Å²) in [4.78, 5) is 14.3. The van der Waals surface area contributed by atoms with Crippen molar-refractivity contribution in [3.63, 3.8) is 0 Å². The zero-order valence-electron chi connectivity index (χ0n) is 13.8. The van der Waals surface area contributed by atoms with Crippen LogP contribution in [0.15, 0.2) is 22.8 Å². The Morgan fingerprint density at radius 1 is 1.43 bits per heavy atom. The van der Waals surface area contributed by atoms with Gasteiger partial charge in [-0.25, -0.2) is 4.79 Å². The molecule has 0 fully saturated rings. The average Bonchev–Trinajstić information content (AvgIpc) is 3.25. The number of fused-ring (bicyclic) bond motifs is 1. The molecule has 2 aromatic heterocycles. The number of furan rings is 1. The molecular formula is C17H24N4O2. The molecule has 1 N–H and O–H groups in total. The zero-order chi connectivity index (χ0) is 16.2. The Kier molecular flexibility index (Phi) is 4.69. The molecule has 1 aliphatic carbocycles. The van der Waals surface area contributed by atoms with Crippen molar-refractivity contribution in [3.8, 4) is 0 Å². The van der Waals surface area contributed by atoms with Crippen LogP contribution in [0.2, 0.25) is 0 Å². The van der Waals surface area contributed by atoms with E-state index in [2.05, 4.69) is 10.4 Å². The molecule has 0 radical (unpaired) electrons. The Labute approximate surface area is 136 Å². The van der Waals surface area contributed by atoms with Crippen LogP contribution < -0.4 is 5.32 Å². The molecule has 0 saturated heterocycles. The molecular weight excluding hydrogens is 292 g/mol. The molecule has 0 aliphatic heterocycles. The van der Waals surface area contributed by atoms with E-state index in [1.54, 1.807) is 11.2 Å². The Bertz CT molecular complexity index is 660. The Morgan fingerprint density at radius 3 is 3.04 bits per heavy atom. The zero-order valence-corrected chi connectivity index (χ0v) is 13.8. The lowest BCUT2D eigenvalue weighted by molar-refractivity contribution is 0.186. The number of urea groups is 1. The molecule has 1 aliphatic rings. The van der Waals surface area contributed by atoms with Crippen molar-refractivity contribution in [1.29, 1.82) is 0 Å². The minimum Gasteiger partial charge on any atom is -0.467 e. The number of rotatable bonds is 6. The van der Waals surface area contributed by atoms with Gasteiger partial charge in [-0.3, -0.25) is 4.68 Å². The van der Waals surface area contributed by atoms with E-state index in [9.17, 15) is 4.79 Å². The number of nitrogens with zero attached hydrogens (tertiary/aromatic N) is 3. The molecule has 0 unspecified atom stereocenters. The highest BCUT2D eigenvalue weighted by Crippen LogP contribution is 2.26. The van der Waals surface area contributed by atoms with E-state index in [1.165, 1.54) is 17.7 Å². The number of nitrogens with one attached hydrogen (secondary N) is 1. The summed E-state index contributed by atoms with van der Waals surface area (Å²) in [7, 11) is 1.99. The molecule has 0 atom stereocenters. The predicted molar refractivity (Wildman–Crippen MR) is 86.9 cm³/mol. The van der Waals surface area contributed by atoms with Gasteiger partial charge in [-0.15, -0.1) is 0 Å². The molecule has 6 heteroatoms. The van der Waals surface area contributed by atoms with Gasteiger partial charge in [-0.05, 0) is 43.4 Å². The van der Waals surface area contributed by atoms with Crippen molar-refractivity contribution in [3.05, 3.63) is 41.1 Å². The van der Waals surface area contributed by atoms with E-state index >= 15 is 0 Å².